The molecule has 0 bridgehead atoms. The fourth-order valence-corrected chi connectivity index (χ4v) is 3.60. The van der Waals surface area contributed by atoms with E-state index in [-0.39, 0.29) is 34.2 Å². The van der Waals surface area contributed by atoms with Crippen LogP contribution in [0, 0.1) is 4.77 Å². The van der Waals surface area contributed by atoms with Crippen LogP contribution >= 0.6 is 12.2 Å². The van der Waals surface area contributed by atoms with Gasteiger partial charge in [-0.05, 0) is 49.8 Å². The Morgan fingerprint density at radius 1 is 1.29 bits per heavy atom. The molecule has 9 heteroatoms. The Hall–Kier alpha value is -2.81. The quantitative estimate of drug-likeness (QED) is 0.634. The van der Waals surface area contributed by atoms with Gasteiger partial charge in [-0.15, -0.1) is 0 Å². The first-order chi connectivity index (χ1) is 13.4. The molecule has 2 aromatic heterocycles. The van der Waals surface area contributed by atoms with Gasteiger partial charge in [-0.3, -0.25) is 14.3 Å². The fraction of sp³-hybridized carbons (Fsp3) is 0.316. The zero-order valence-electron chi connectivity index (χ0n) is 15.2. The molecule has 28 heavy (non-hydrogen) atoms. The topological polar surface area (TPSA) is 69.1 Å². The standard InChI is InChI=1S/C19H17F2N3O3S/c1-3-9(2)24-17-15(18(25)23-19(24)28)11(16(20)21)7-12(22-17)10-4-5-13-14(6-10)27-8-26-13/h4-7,9,16H,3,8H2,1-2H3,(H,23,25,28)/t9-/m0/s1. The van der Waals surface area contributed by atoms with Gasteiger partial charge in [0.1, 0.15) is 5.65 Å². The molecule has 1 aromatic carbocycles. The largest absolute Gasteiger partial charge is 0.454 e. The van der Waals surface area contributed by atoms with E-state index in [1.807, 2.05) is 13.8 Å². The van der Waals surface area contributed by atoms with E-state index >= 15 is 0 Å². The zero-order valence-corrected chi connectivity index (χ0v) is 16.0. The number of rotatable bonds is 4. The molecule has 1 N–H and O–H groups in total. The summed E-state index contributed by atoms with van der Waals surface area (Å²) in [6, 6.07) is 6.21. The van der Waals surface area contributed by atoms with Crippen LogP contribution in [0.4, 0.5) is 8.78 Å². The number of H-pyrrole nitrogens is 1. The Balaban J connectivity index is 2.06. The molecule has 0 saturated carbocycles. The number of aromatic nitrogens is 3. The summed E-state index contributed by atoms with van der Waals surface area (Å²) in [7, 11) is 0. The summed E-state index contributed by atoms with van der Waals surface area (Å²) in [6.07, 6.45) is -2.16. The lowest BCUT2D eigenvalue weighted by atomic mass is 10.1. The average molecular weight is 405 g/mol. The highest BCUT2D eigenvalue weighted by molar-refractivity contribution is 7.71. The summed E-state index contributed by atoms with van der Waals surface area (Å²) in [5.74, 6) is 1.10. The second-order valence-electron chi connectivity index (χ2n) is 6.55. The fourth-order valence-electron chi connectivity index (χ4n) is 3.24. The van der Waals surface area contributed by atoms with E-state index in [2.05, 4.69) is 9.97 Å². The monoisotopic (exact) mass is 405 g/mol. The molecule has 3 heterocycles. The molecule has 0 fully saturated rings. The molecule has 0 amide bonds. The van der Waals surface area contributed by atoms with Crippen molar-refractivity contribution in [2.24, 2.45) is 0 Å². The van der Waals surface area contributed by atoms with Gasteiger partial charge < -0.3 is 9.47 Å². The van der Waals surface area contributed by atoms with Gasteiger partial charge in [0, 0.05) is 17.2 Å². The van der Waals surface area contributed by atoms with Crippen LogP contribution in [0.15, 0.2) is 29.1 Å². The van der Waals surface area contributed by atoms with Gasteiger partial charge in [-0.1, -0.05) is 6.92 Å². The minimum absolute atomic E-state index is 0.106. The highest BCUT2D eigenvalue weighted by Crippen LogP contribution is 2.37. The van der Waals surface area contributed by atoms with Crippen molar-refractivity contribution in [1.82, 2.24) is 14.5 Å². The van der Waals surface area contributed by atoms with Crippen molar-refractivity contribution in [2.45, 2.75) is 32.7 Å². The molecule has 6 nitrogen and oxygen atoms in total. The Morgan fingerprint density at radius 3 is 2.75 bits per heavy atom. The summed E-state index contributed by atoms with van der Waals surface area (Å²) in [5.41, 5.74) is -0.0211. The minimum Gasteiger partial charge on any atom is -0.454 e. The van der Waals surface area contributed by atoms with E-state index in [4.69, 9.17) is 21.7 Å². The number of ether oxygens (including phenoxy) is 2. The number of aromatic amines is 1. The molecule has 0 unspecified atom stereocenters. The molecule has 146 valence electrons. The predicted octanol–water partition coefficient (Wildman–Crippen LogP) is 4.76. The average Bonchev–Trinajstić information content (AvgIpc) is 3.14. The van der Waals surface area contributed by atoms with Gasteiger partial charge in [0.25, 0.3) is 12.0 Å². The number of hydrogen-bond donors (Lipinski definition) is 1. The number of nitrogens with zero attached hydrogens (tertiary/aromatic N) is 2. The molecule has 0 saturated heterocycles. The number of halogens is 2. The smallest absolute Gasteiger partial charge is 0.264 e. The first kappa shape index (κ1) is 18.5. The first-order valence-electron chi connectivity index (χ1n) is 8.78. The van der Waals surface area contributed by atoms with Gasteiger partial charge in [0.2, 0.25) is 6.79 Å². The second kappa shape index (κ2) is 6.97. The van der Waals surface area contributed by atoms with Crippen LogP contribution in [0.1, 0.15) is 38.3 Å². The molecule has 1 aliphatic heterocycles. The molecule has 3 aromatic rings. The van der Waals surface area contributed by atoms with Crippen LogP contribution in [-0.4, -0.2) is 21.3 Å². The minimum atomic E-state index is -2.85. The van der Waals surface area contributed by atoms with Crippen molar-refractivity contribution >= 4 is 23.3 Å². The highest BCUT2D eigenvalue weighted by Gasteiger charge is 2.22. The Labute approximate surface area is 163 Å². The summed E-state index contributed by atoms with van der Waals surface area (Å²) in [5, 5.41) is -0.145. The van der Waals surface area contributed by atoms with E-state index in [9.17, 15) is 13.6 Å². The van der Waals surface area contributed by atoms with Crippen LogP contribution < -0.4 is 15.0 Å². The van der Waals surface area contributed by atoms with E-state index in [1.165, 1.54) is 6.07 Å². The van der Waals surface area contributed by atoms with E-state index < -0.39 is 12.0 Å². The zero-order chi connectivity index (χ0) is 20.0. The number of nitrogens with one attached hydrogen (secondary N) is 1. The number of pyridine rings is 1. The lowest BCUT2D eigenvalue weighted by Gasteiger charge is -2.18. The summed E-state index contributed by atoms with van der Waals surface area (Å²) in [6.45, 7) is 3.94. The van der Waals surface area contributed by atoms with Gasteiger partial charge in [-0.2, -0.15) is 0 Å². The lowest BCUT2D eigenvalue weighted by Crippen LogP contribution is -2.19. The summed E-state index contributed by atoms with van der Waals surface area (Å²) in [4.78, 5) is 19.5. The van der Waals surface area contributed by atoms with E-state index in [0.717, 1.165) is 0 Å². The van der Waals surface area contributed by atoms with Crippen molar-refractivity contribution < 1.29 is 18.3 Å². The summed E-state index contributed by atoms with van der Waals surface area (Å²) < 4.78 is 40.1. The van der Waals surface area contributed by atoms with E-state index in [1.54, 1.807) is 22.8 Å². The molecule has 0 spiro atoms. The maximum atomic E-state index is 13.8. The SMILES string of the molecule is CC[C@H](C)n1c(=S)[nH]c(=O)c2c(C(F)F)cc(-c3ccc4c(c3)OCO4)nc21. The van der Waals surface area contributed by atoms with Crippen molar-refractivity contribution in [2.75, 3.05) is 6.79 Å². The second-order valence-corrected chi connectivity index (χ2v) is 6.94. The van der Waals surface area contributed by atoms with Gasteiger partial charge >= 0.3 is 0 Å². The van der Waals surface area contributed by atoms with Crippen LogP contribution in [-0.2, 0) is 0 Å². The molecule has 0 aliphatic carbocycles. The predicted molar refractivity (Wildman–Crippen MR) is 103 cm³/mol. The molecular weight excluding hydrogens is 388 g/mol. The van der Waals surface area contributed by atoms with Crippen LogP contribution in [0.25, 0.3) is 22.3 Å². The number of hydrogen-bond acceptors (Lipinski definition) is 5. The number of benzene rings is 1. The third kappa shape index (κ3) is 2.95. The maximum Gasteiger partial charge on any atom is 0.264 e. The Kier molecular flexibility index (Phi) is 4.62. The molecular formula is C19H17F2N3O3S. The lowest BCUT2D eigenvalue weighted by molar-refractivity contribution is 0.153. The van der Waals surface area contributed by atoms with Crippen molar-refractivity contribution in [3.05, 3.63) is 45.0 Å². The van der Waals surface area contributed by atoms with E-state index in [0.29, 0.717) is 29.2 Å². The number of alkyl halides is 2. The molecule has 1 aliphatic rings. The summed E-state index contributed by atoms with van der Waals surface area (Å²) >= 11 is 5.29. The van der Waals surface area contributed by atoms with Gasteiger partial charge in [0.15, 0.2) is 16.3 Å². The number of fused-ring (bicyclic) bond motifs is 2. The highest BCUT2D eigenvalue weighted by atomic mass is 32.1. The third-order valence-corrected chi connectivity index (χ3v) is 5.16. The maximum absolute atomic E-state index is 13.8. The van der Waals surface area contributed by atoms with Gasteiger partial charge in [-0.25, -0.2) is 13.8 Å². The molecule has 1 atom stereocenters. The molecule has 4 rings (SSSR count). The Morgan fingerprint density at radius 2 is 2.04 bits per heavy atom. The molecule has 0 radical (unpaired) electrons. The van der Waals surface area contributed by atoms with Crippen molar-refractivity contribution in [3.8, 4) is 22.8 Å². The Bertz CT molecular complexity index is 1190. The first-order valence-corrected chi connectivity index (χ1v) is 9.19. The van der Waals surface area contributed by atoms with Crippen molar-refractivity contribution in [3.63, 3.8) is 0 Å². The van der Waals surface area contributed by atoms with Gasteiger partial charge in [0.05, 0.1) is 11.1 Å². The van der Waals surface area contributed by atoms with Crippen LogP contribution in [0.5, 0.6) is 11.5 Å². The van der Waals surface area contributed by atoms with Crippen LogP contribution in [0.3, 0.4) is 0 Å². The third-order valence-electron chi connectivity index (χ3n) is 4.86. The van der Waals surface area contributed by atoms with Crippen molar-refractivity contribution in [1.29, 1.82) is 0 Å². The van der Waals surface area contributed by atoms with Crippen LogP contribution in [0.2, 0.25) is 0 Å². The normalized spacial score (nSPS) is 14.0.